The molecule has 0 bridgehead atoms. The second kappa shape index (κ2) is 6.25. The van der Waals surface area contributed by atoms with E-state index in [1.807, 2.05) is 11.8 Å². The second-order valence-corrected chi connectivity index (χ2v) is 7.46. The van der Waals surface area contributed by atoms with Gasteiger partial charge in [-0.1, -0.05) is 12.8 Å². The summed E-state index contributed by atoms with van der Waals surface area (Å²) in [5, 5.41) is 10.7. The summed E-state index contributed by atoms with van der Waals surface area (Å²) in [5.74, 6) is 1.06. The van der Waals surface area contributed by atoms with Crippen molar-refractivity contribution < 1.29 is 14.6 Å². The van der Waals surface area contributed by atoms with Gasteiger partial charge in [0.2, 0.25) is 5.91 Å². The van der Waals surface area contributed by atoms with Gasteiger partial charge in [0.05, 0.1) is 12.2 Å². The Hall–Kier alpha value is -0.610. The Balaban J connectivity index is 1.57. The molecule has 0 unspecified atom stereocenters. The molecule has 0 aromatic rings. The zero-order valence-electron chi connectivity index (χ0n) is 13.2. The first kappa shape index (κ1) is 15.3. The van der Waals surface area contributed by atoms with E-state index in [2.05, 4.69) is 0 Å². The molecule has 1 amide bonds. The first-order valence-corrected chi connectivity index (χ1v) is 8.67. The quantitative estimate of drug-likeness (QED) is 0.847. The molecule has 0 aromatic heterocycles. The third kappa shape index (κ3) is 3.59. The number of likely N-dealkylation sites (tertiary alicyclic amines) is 1. The van der Waals surface area contributed by atoms with Crippen molar-refractivity contribution in [1.82, 2.24) is 4.90 Å². The van der Waals surface area contributed by atoms with E-state index < -0.39 is 5.60 Å². The van der Waals surface area contributed by atoms with Gasteiger partial charge in [0.15, 0.2) is 0 Å². The number of aliphatic hydroxyl groups is 1. The van der Waals surface area contributed by atoms with Crippen LogP contribution in [0.1, 0.15) is 58.3 Å². The summed E-state index contributed by atoms with van der Waals surface area (Å²) >= 11 is 0. The number of carbonyl (C=O) groups is 1. The van der Waals surface area contributed by atoms with Gasteiger partial charge in [0.1, 0.15) is 6.61 Å². The van der Waals surface area contributed by atoms with E-state index >= 15 is 0 Å². The highest BCUT2D eigenvalue weighted by Crippen LogP contribution is 2.40. The Morgan fingerprint density at radius 2 is 2.05 bits per heavy atom. The molecule has 3 fully saturated rings. The smallest absolute Gasteiger partial charge is 0.248 e. The van der Waals surface area contributed by atoms with E-state index in [0.29, 0.717) is 5.92 Å². The molecule has 0 aromatic carbocycles. The Morgan fingerprint density at radius 3 is 2.76 bits per heavy atom. The number of hydrogen-bond donors (Lipinski definition) is 1. The summed E-state index contributed by atoms with van der Waals surface area (Å²) in [7, 11) is 0. The van der Waals surface area contributed by atoms with Gasteiger partial charge < -0.3 is 14.7 Å². The van der Waals surface area contributed by atoms with Gasteiger partial charge in [-0.3, -0.25) is 4.79 Å². The van der Waals surface area contributed by atoms with Crippen LogP contribution >= 0.6 is 0 Å². The topological polar surface area (TPSA) is 49.8 Å². The highest BCUT2D eigenvalue weighted by Gasteiger charge is 2.44. The predicted molar refractivity (Wildman–Crippen MR) is 80.9 cm³/mol. The number of rotatable bonds is 5. The molecule has 0 spiro atoms. The second-order valence-electron chi connectivity index (χ2n) is 7.46. The Labute approximate surface area is 127 Å². The Morgan fingerprint density at radius 1 is 1.24 bits per heavy atom. The number of ether oxygens (including phenoxy) is 1. The molecule has 1 heterocycles. The minimum Gasteiger partial charge on any atom is -0.390 e. The molecule has 120 valence electrons. The van der Waals surface area contributed by atoms with Crippen LogP contribution in [0.4, 0.5) is 0 Å². The predicted octanol–water partition coefficient (Wildman–Crippen LogP) is 2.35. The summed E-state index contributed by atoms with van der Waals surface area (Å²) in [6, 6.07) is 0.220. The van der Waals surface area contributed by atoms with Gasteiger partial charge in [-0.15, -0.1) is 0 Å². The lowest BCUT2D eigenvalue weighted by Crippen LogP contribution is -2.51. The zero-order valence-corrected chi connectivity index (χ0v) is 13.2. The average molecular weight is 295 g/mol. The lowest BCUT2D eigenvalue weighted by Gasteiger charge is -2.43. The SMILES string of the molecule is C[C@]1(O)CCCC[C@@H]1[C@@H]1CCCN1C(=O)COCC1CC1. The molecule has 2 aliphatic carbocycles. The maximum atomic E-state index is 12.4. The number of amides is 1. The van der Waals surface area contributed by atoms with Crippen molar-refractivity contribution in [3.05, 3.63) is 0 Å². The highest BCUT2D eigenvalue weighted by atomic mass is 16.5. The van der Waals surface area contributed by atoms with Crippen LogP contribution in [0.5, 0.6) is 0 Å². The Bertz CT molecular complexity index is 378. The van der Waals surface area contributed by atoms with Gasteiger partial charge in [-0.25, -0.2) is 0 Å². The number of nitrogens with zero attached hydrogens (tertiary/aromatic N) is 1. The largest absolute Gasteiger partial charge is 0.390 e. The third-order valence-electron chi connectivity index (χ3n) is 5.61. The van der Waals surface area contributed by atoms with Gasteiger partial charge in [-0.2, -0.15) is 0 Å². The van der Waals surface area contributed by atoms with Crippen molar-refractivity contribution >= 4 is 5.91 Å². The van der Waals surface area contributed by atoms with Gasteiger partial charge >= 0.3 is 0 Å². The van der Waals surface area contributed by atoms with Crippen molar-refractivity contribution in [3.8, 4) is 0 Å². The fraction of sp³-hybridized carbons (Fsp3) is 0.941. The Kier molecular flexibility index (Phi) is 4.55. The first-order chi connectivity index (χ1) is 10.1. The molecule has 4 heteroatoms. The molecule has 3 aliphatic rings. The fourth-order valence-corrected chi connectivity index (χ4v) is 4.15. The highest BCUT2D eigenvalue weighted by molar-refractivity contribution is 5.78. The van der Waals surface area contributed by atoms with E-state index in [9.17, 15) is 9.90 Å². The van der Waals surface area contributed by atoms with Crippen LogP contribution in [0.25, 0.3) is 0 Å². The molecular formula is C17H29NO3. The number of carbonyl (C=O) groups excluding carboxylic acids is 1. The summed E-state index contributed by atoms with van der Waals surface area (Å²) < 4.78 is 5.57. The minimum atomic E-state index is -0.610. The summed E-state index contributed by atoms with van der Waals surface area (Å²) in [5.41, 5.74) is -0.610. The summed E-state index contributed by atoms with van der Waals surface area (Å²) in [6.07, 6.45) is 8.81. The summed E-state index contributed by atoms with van der Waals surface area (Å²) in [4.78, 5) is 14.4. The lowest BCUT2D eigenvalue weighted by molar-refractivity contribution is -0.141. The lowest BCUT2D eigenvalue weighted by atomic mass is 9.72. The third-order valence-corrected chi connectivity index (χ3v) is 5.61. The summed E-state index contributed by atoms with van der Waals surface area (Å²) in [6.45, 7) is 3.76. The zero-order chi connectivity index (χ0) is 14.9. The fourth-order valence-electron chi connectivity index (χ4n) is 4.15. The molecular weight excluding hydrogens is 266 g/mol. The van der Waals surface area contributed by atoms with Gasteiger partial charge in [-0.05, 0) is 51.4 Å². The minimum absolute atomic E-state index is 0.125. The van der Waals surface area contributed by atoms with Crippen molar-refractivity contribution in [2.45, 2.75) is 69.9 Å². The van der Waals surface area contributed by atoms with E-state index in [0.717, 1.165) is 45.3 Å². The molecule has 2 saturated carbocycles. The van der Waals surface area contributed by atoms with E-state index in [4.69, 9.17) is 4.74 Å². The van der Waals surface area contributed by atoms with Crippen molar-refractivity contribution in [2.24, 2.45) is 11.8 Å². The maximum absolute atomic E-state index is 12.4. The van der Waals surface area contributed by atoms with Crippen molar-refractivity contribution in [2.75, 3.05) is 19.8 Å². The monoisotopic (exact) mass is 295 g/mol. The van der Waals surface area contributed by atoms with Gasteiger partial charge in [0, 0.05) is 18.5 Å². The molecule has 0 radical (unpaired) electrons. The maximum Gasteiger partial charge on any atom is 0.248 e. The molecule has 3 rings (SSSR count). The van der Waals surface area contributed by atoms with Gasteiger partial charge in [0.25, 0.3) is 0 Å². The normalized spacial score (nSPS) is 37.0. The van der Waals surface area contributed by atoms with Crippen LogP contribution in [-0.4, -0.2) is 47.3 Å². The van der Waals surface area contributed by atoms with Crippen LogP contribution < -0.4 is 0 Å². The van der Waals surface area contributed by atoms with E-state index in [-0.39, 0.29) is 24.5 Å². The molecule has 21 heavy (non-hydrogen) atoms. The van der Waals surface area contributed by atoms with Crippen LogP contribution in [0.3, 0.4) is 0 Å². The first-order valence-electron chi connectivity index (χ1n) is 8.67. The van der Waals surface area contributed by atoms with Crippen LogP contribution in [-0.2, 0) is 9.53 Å². The van der Waals surface area contributed by atoms with Crippen molar-refractivity contribution in [1.29, 1.82) is 0 Å². The van der Waals surface area contributed by atoms with E-state index in [1.165, 1.54) is 19.3 Å². The molecule has 1 N–H and O–H groups in total. The molecule has 3 atom stereocenters. The van der Waals surface area contributed by atoms with Crippen LogP contribution in [0, 0.1) is 11.8 Å². The standard InChI is InChI=1S/C17H29NO3/c1-17(20)9-3-2-5-14(17)15-6-4-10-18(15)16(19)12-21-11-13-7-8-13/h13-15,20H,2-12H2,1H3/t14-,15+,17+/m1/s1. The number of hydrogen-bond acceptors (Lipinski definition) is 3. The van der Waals surface area contributed by atoms with Crippen molar-refractivity contribution in [3.63, 3.8) is 0 Å². The van der Waals surface area contributed by atoms with Crippen LogP contribution in [0.2, 0.25) is 0 Å². The molecule has 1 saturated heterocycles. The average Bonchev–Trinajstić information content (AvgIpc) is 3.13. The van der Waals surface area contributed by atoms with Crippen LogP contribution in [0.15, 0.2) is 0 Å². The molecule has 4 nitrogen and oxygen atoms in total. The van der Waals surface area contributed by atoms with E-state index in [1.54, 1.807) is 0 Å². The molecule has 1 aliphatic heterocycles.